The van der Waals surface area contributed by atoms with Gasteiger partial charge in [-0.25, -0.2) is 9.97 Å². The van der Waals surface area contributed by atoms with Gasteiger partial charge in [-0.1, -0.05) is 31.5 Å². The van der Waals surface area contributed by atoms with Gasteiger partial charge in [0.1, 0.15) is 0 Å². The van der Waals surface area contributed by atoms with Crippen molar-refractivity contribution in [2.75, 3.05) is 0 Å². The summed E-state index contributed by atoms with van der Waals surface area (Å²) >= 11 is 5.88. The van der Waals surface area contributed by atoms with Crippen LogP contribution in [0.4, 0.5) is 0 Å². The van der Waals surface area contributed by atoms with Crippen LogP contribution in [0, 0.1) is 0 Å². The highest BCUT2D eigenvalue weighted by Crippen LogP contribution is 2.18. The van der Waals surface area contributed by atoms with Gasteiger partial charge >= 0.3 is 0 Å². The molecule has 0 aliphatic heterocycles. The number of nitrogens with zero attached hydrogens (tertiary/aromatic N) is 2. The molecule has 0 N–H and O–H groups in total. The average Bonchev–Trinajstić information content (AvgIpc) is 2.25. The Balaban J connectivity index is 2.50. The van der Waals surface area contributed by atoms with Gasteiger partial charge in [-0.2, -0.15) is 0 Å². The first-order chi connectivity index (χ1) is 7.31. The third kappa shape index (κ3) is 2.26. The third-order valence-corrected chi connectivity index (χ3v) is 2.59. The van der Waals surface area contributed by atoms with Crippen LogP contribution in [0.25, 0.3) is 10.9 Å². The molecule has 3 heteroatoms. The number of hydrogen-bond acceptors (Lipinski definition) is 2. The highest BCUT2D eigenvalue weighted by atomic mass is 35.5. The fraction of sp³-hybridized carbons (Fsp3) is 0.333. The van der Waals surface area contributed by atoms with E-state index in [2.05, 4.69) is 23.0 Å². The first-order valence-electron chi connectivity index (χ1n) is 5.22. The summed E-state index contributed by atoms with van der Waals surface area (Å²) in [5.41, 5.74) is 2.00. The predicted molar refractivity (Wildman–Crippen MR) is 63.2 cm³/mol. The summed E-state index contributed by atoms with van der Waals surface area (Å²) in [6.07, 6.45) is 3.27. The topological polar surface area (TPSA) is 25.8 Å². The van der Waals surface area contributed by atoms with Gasteiger partial charge in [-0.15, -0.1) is 0 Å². The van der Waals surface area contributed by atoms with Crippen molar-refractivity contribution in [2.45, 2.75) is 26.2 Å². The molecule has 0 saturated carbocycles. The number of para-hydroxylation sites is 1. The van der Waals surface area contributed by atoms with E-state index in [1.54, 1.807) is 0 Å². The van der Waals surface area contributed by atoms with Crippen LogP contribution >= 0.6 is 11.6 Å². The number of halogens is 1. The molecule has 1 heterocycles. The van der Waals surface area contributed by atoms with E-state index in [4.69, 9.17) is 11.6 Å². The summed E-state index contributed by atoms with van der Waals surface area (Å²) in [6.45, 7) is 2.17. The zero-order valence-electron chi connectivity index (χ0n) is 8.70. The van der Waals surface area contributed by atoms with Crippen molar-refractivity contribution in [2.24, 2.45) is 0 Å². The number of hydrogen-bond donors (Lipinski definition) is 0. The van der Waals surface area contributed by atoms with Crippen LogP contribution in [0.5, 0.6) is 0 Å². The maximum Gasteiger partial charge on any atom is 0.223 e. The predicted octanol–water partition coefficient (Wildman–Crippen LogP) is 3.63. The normalized spacial score (nSPS) is 10.8. The lowest BCUT2D eigenvalue weighted by molar-refractivity contribution is 0.780. The second-order valence-corrected chi connectivity index (χ2v) is 3.90. The molecular weight excluding hydrogens is 208 g/mol. The Bertz CT molecular complexity index is 468. The van der Waals surface area contributed by atoms with Crippen LogP contribution in [0.2, 0.25) is 5.28 Å². The van der Waals surface area contributed by atoms with Crippen LogP contribution in [0.3, 0.4) is 0 Å². The zero-order valence-corrected chi connectivity index (χ0v) is 9.46. The molecule has 0 bridgehead atoms. The lowest BCUT2D eigenvalue weighted by atomic mass is 10.1. The molecule has 15 heavy (non-hydrogen) atoms. The van der Waals surface area contributed by atoms with Crippen LogP contribution in [0.1, 0.15) is 25.5 Å². The monoisotopic (exact) mass is 220 g/mol. The molecule has 0 fully saturated rings. The van der Waals surface area contributed by atoms with Gasteiger partial charge in [0.05, 0.1) is 11.2 Å². The van der Waals surface area contributed by atoms with E-state index in [1.165, 1.54) is 0 Å². The van der Waals surface area contributed by atoms with Gasteiger partial charge in [0, 0.05) is 5.39 Å². The first-order valence-corrected chi connectivity index (χ1v) is 5.60. The molecule has 0 unspecified atom stereocenters. The molecule has 2 aromatic rings. The number of fused-ring (bicyclic) bond motifs is 1. The van der Waals surface area contributed by atoms with Crippen molar-refractivity contribution >= 4 is 22.5 Å². The number of aryl methyl sites for hydroxylation is 1. The van der Waals surface area contributed by atoms with Crippen molar-refractivity contribution in [3.63, 3.8) is 0 Å². The van der Waals surface area contributed by atoms with Gasteiger partial charge in [0.15, 0.2) is 0 Å². The Kier molecular flexibility index (Phi) is 3.17. The minimum Gasteiger partial charge on any atom is -0.222 e. The Labute approximate surface area is 94.3 Å². The van der Waals surface area contributed by atoms with Crippen LogP contribution in [0.15, 0.2) is 24.3 Å². The minimum atomic E-state index is 0.347. The van der Waals surface area contributed by atoms with Crippen molar-refractivity contribution in [3.05, 3.63) is 35.2 Å². The number of rotatable bonds is 3. The average molecular weight is 221 g/mol. The highest BCUT2D eigenvalue weighted by Gasteiger charge is 2.04. The van der Waals surface area contributed by atoms with E-state index in [1.807, 2.05) is 18.2 Å². The molecule has 2 rings (SSSR count). The second kappa shape index (κ2) is 4.58. The molecule has 0 radical (unpaired) electrons. The van der Waals surface area contributed by atoms with E-state index in [-0.39, 0.29) is 0 Å². The summed E-state index contributed by atoms with van der Waals surface area (Å²) in [4.78, 5) is 8.49. The van der Waals surface area contributed by atoms with Crippen molar-refractivity contribution in [1.29, 1.82) is 0 Å². The molecule has 0 aliphatic rings. The number of aromatic nitrogens is 2. The van der Waals surface area contributed by atoms with Crippen LogP contribution in [-0.2, 0) is 6.42 Å². The Morgan fingerprint density at radius 3 is 2.80 bits per heavy atom. The summed E-state index contributed by atoms with van der Waals surface area (Å²) in [7, 11) is 0. The molecule has 0 amide bonds. The summed E-state index contributed by atoms with van der Waals surface area (Å²) in [5.74, 6) is 0. The zero-order chi connectivity index (χ0) is 10.7. The maximum absolute atomic E-state index is 5.88. The summed E-state index contributed by atoms with van der Waals surface area (Å²) in [6, 6.07) is 8.00. The van der Waals surface area contributed by atoms with E-state index in [9.17, 15) is 0 Å². The van der Waals surface area contributed by atoms with Crippen molar-refractivity contribution in [3.8, 4) is 0 Å². The molecule has 2 nitrogen and oxygen atoms in total. The van der Waals surface area contributed by atoms with Gasteiger partial charge < -0.3 is 0 Å². The summed E-state index contributed by atoms with van der Waals surface area (Å²) in [5, 5.41) is 1.47. The molecular formula is C12H13ClN2. The van der Waals surface area contributed by atoms with Crippen molar-refractivity contribution in [1.82, 2.24) is 9.97 Å². The Morgan fingerprint density at radius 2 is 2.00 bits per heavy atom. The van der Waals surface area contributed by atoms with Gasteiger partial charge in [0.2, 0.25) is 5.28 Å². The van der Waals surface area contributed by atoms with Gasteiger partial charge in [-0.05, 0) is 30.5 Å². The molecule has 78 valence electrons. The first kappa shape index (κ1) is 10.4. The largest absolute Gasteiger partial charge is 0.223 e. The quantitative estimate of drug-likeness (QED) is 0.739. The molecule has 0 saturated heterocycles. The van der Waals surface area contributed by atoms with E-state index >= 15 is 0 Å². The molecule has 0 atom stereocenters. The Hall–Kier alpha value is -1.15. The maximum atomic E-state index is 5.88. The fourth-order valence-corrected chi connectivity index (χ4v) is 1.84. The lowest BCUT2D eigenvalue weighted by Gasteiger charge is -2.04. The van der Waals surface area contributed by atoms with Gasteiger partial charge in [0.25, 0.3) is 0 Å². The van der Waals surface area contributed by atoms with Crippen molar-refractivity contribution < 1.29 is 0 Å². The fourth-order valence-electron chi connectivity index (χ4n) is 1.65. The molecule has 0 aliphatic carbocycles. The standard InChI is InChI=1S/C12H13ClN2/c1-2-3-7-10-9-6-4-5-8-11(9)15-12(13)14-10/h4-6,8H,2-3,7H2,1H3. The SMILES string of the molecule is CCCCc1nc(Cl)nc2ccccc12. The van der Waals surface area contributed by atoms with E-state index < -0.39 is 0 Å². The summed E-state index contributed by atoms with van der Waals surface area (Å²) < 4.78 is 0. The van der Waals surface area contributed by atoms with Crippen LogP contribution in [-0.4, -0.2) is 9.97 Å². The lowest BCUT2D eigenvalue weighted by Crippen LogP contribution is -1.95. The van der Waals surface area contributed by atoms with Gasteiger partial charge in [-0.3, -0.25) is 0 Å². The number of benzene rings is 1. The van der Waals surface area contributed by atoms with E-state index in [0.717, 1.165) is 35.9 Å². The molecule has 0 spiro atoms. The molecule has 1 aromatic heterocycles. The Morgan fingerprint density at radius 1 is 1.20 bits per heavy atom. The number of unbranched alkanes of at least 4 members (excludes halogenated alkanes) is 1. The smallest absolute Gasteiger partial charge is 0.222 e. The minimum absolute atomic E-state index is 0.347. The molecule has 1 aromatic carbocycles. The highest BCUT2D eigenvalue weighted by molar-refractivity contribution is 6.28. The second-order valence-electron chi connectivity index (χ2n) is 3.56. The van der Waals surface area contributed by atoms with E-state index in [0.29, 0.717) is 5.28 Å². The van der Waals surface area contributed by atoms with Crippen LogP contribution < -0.4 is 0 Å². The third-order valence-electron chi connectivity index (χ3n) is 2.42.